The molecule has 0 radical (unpaired) electrons. The first-order chi connectivity index (χ1) is 8.54. The van der Waals surface area contributed by atoms with Gasteiger partial charge in [0, 0.05) is 17.3 Å². The highest BCUT2D eigenvalue weighted by molar-refractivity contribution is 7.11. The number of rotatable bonds is 4. The fourth-order valence-corrected chi connectivity index (χ4v) is 2.40. The number of nitrogens with one attached hydrogen (secondary N) is 1. The van der Waals surface area contributed by atoms with Crippen LogP contribution in [0, 0.1) is 13.8 Å². The number of aryl methyl sites for hydroxylation is 2. The Balaban J connectivity index is 1.91. The standard InChI is InChI=1S/C12H16N4OS/c1-8-4-14-16(6-8)7-11(17)15-10(3)12-13-5-9(2)18-12/h4-6,10H,7H2,1-3H3,(H,15,17). The number of hydrogen-bond acceptors (Lipinski definition) is 4. The van der Waals surface area contributed by atoms with Crippen LogP contribution < -0.4 is 5.32 Å². The summed E-state index contributed by atoms with van der Waals surface area (Å²) in [6.07, 6.45) is 5.40. The minimum absolute atomic E-state index is 0.0570. The summed E-state index contributed by atoms with van der Waals surface area (Å²) in [5.74, 6) is -0.0570. The highest BCUT2D eigenvalue weighted by Crippen LogP contribution is 2.18. The largest absolute Gasteiger partial charge is 0.346 e. The molecule has 0 aliphatic rings. The third kappa shape index (κ3) is 3.16. The number of amides is 1. The fourth-order valence-electron chi connectivity index (χ4n) is 1.62. The molecule has 96 valence electrons. The van der Waals surface area contributed by atoms with Crippen molar-refractivity contribution in [3.63, 3.8) is 0 Å². The van der Waals surface area contributed by atoms with Gasteiger partial charge in [-0.05, 0) is 26.3 Å². The van der Waals surface area contributed by atoms with Crippen LogP contribution in [0.3, 0.4) is 0 Å². The lowest BCUT2D eigenvalue weighted by Gasteiger charge is -2.11. The number of carbonyl (C=O) groups is 1. The van der Waals surface area contributed by atoms with Gasteiger partial charge >= 0.3 is 0 Å². The van der Waals surface area contributed by atoms with E-state index in [1.165, 1.54) is 0 Å². The molecule has 0 saturated carbocycles. The Morgan fingerprint density at radius 1 is 1.50 bits per heavy atom. The van der Waals surface area contributed by atoms with Crippen molar-refractivity contribution in [1.29, 1.82) is 0 Å². The predicted molar refractivity (Wildman–Crippen MR) is 70.4 cm³/mol. The van der Waals surface area contributed by atoms with Crippen LogP contribution in [-0.4, -0.2) is 20.7 Å². The van der Waals surface area contributed by atoms with Crippen molar-refractivity contribution >= 4 is 17.2 Å². The molecule has 0 aliphatic heterocycles. The van der Waals surface area contributed by atoms with Crippen LogP contribution in [-0.2, 0) is 11.3 Å². The topological polar surface area (TPSA) is 59.8 Å². The zero-order chi connectivity index (χ0) is 13.1. The van der Waals surface area contributed by atoms with Crippen molar-refractivity contribution < 1.29 is 4.79 Å². The Hall–Kier alpha value is -1.69. The van der Waals surface area contributed by atoms with Gasteiger partial charge in [-0.15, -0.1) is 11.3 Å². The van der Waals surface area contributed by atoms with Crippen molar-refractivity contribution in [1.82, 2.24) is 20.1 Å². The molecule has 2 rings (SSSR count). The van der Waals surface area contributed by atoms with Gasteiger partial charge in [-0.2, -0.15) is 5.10 Å². The maximum absolute atomic E-state index is 11.8. The van der Waals surface area contributed by atoms with E-state index in [4.69, 9.17) is 0 Å². The number of thiazole rings is 1. The van der Waals surface area contributed by atoms with Crippen molar-refractivity contribution in [2.75, 3.05) is 0 Å². The van der Waals surface area contributed by atoms with E-state index < -0.39 is 0 Å². The number of aromatic nitrogens is 3. The first-order valence-corrected chi connectivity index (χ1v) is 6.57. The second-order valence-electron chi connectivity index (χ2n) is 4.31. The van der Waals surface area contributed by atoms with E-state index in [0.717, 1.165) is 15.4 Å². The Labute approximate surface area is 110 Å². The average molecular weight is 264 g/mol. The molecule has 1 unspecified atom stereocenters. The summed E-state index contributed by atoms with van der Waals surface area (Å²) in [6.45, 7) is 6.12. The van der Waals surface area contributed by atoms with Crippen LogP contribution in [0.15, 0.2) is 18.6 Å². The predicted octanol–water partition coefficient (Wildman–Crippen LogP) is 1.83. The molecule has 2 heterocycles. The smallest absolute Gasteiger partial charge is 0.242 e. The van der Waals surface area contributed by atoms with E-state index in [2.05, 4.69) is 15.4 Å². The normalized spacial score (nSPS) is 12.4. The van der Waals surface area contributed by atoms with Gasteiger partial charge in [0.2, 0.25) is 5.91 Å². The van der Waals surface area contributed by atoms with Gasteiger partial charge in [0.05, 0.1) is 12.2 Å². The summed E-state index contributed by atoms with van der Waals surface area (Å²) >= 11 is 1.60. The van der Waals surface area contributed by atoms with E-state index in [1.54, 1.807) is 22.2 Å². The highest BCUT2D eigenvalue weighted by Gasteiger charge is 2.13. The minimum Gasteiger partial charge on any atom is -0.346 e. The lowest BCUT2D eigenvalue weighted by Crippen LogP contribution is -2.30. The van der Waals surface area contributed by atoms with Crippen LogP contribution in [0.2, 0.25) is 0 Å². The Morgan fingerprint density at radius 3 is 2.83 bits per heavy atom. The maximum atomic E-state index is 11.8. The number of nitrogens with zero attached hydrogens (tertiary/aromatic N) is 3. The molecular formula is C12H16N4OS. The Bertz CT molecular complexity index is 546. The van der Waals surface area contributed by atoms with Gasteiger partial charge in [-0.3, -0.25) is 9.48 Å². The van der Waals surface area contributed by atoms with E-state index in [9.17, 15) is 4.79 Å². The molecule has 0 fully saturated rings. The van der Waals surface area contributed by atoms with Gasteiger partial charge in [-0.25, -0.2) is 4.98 Å². The monoisotopic (exact) mass is 264 g/mol. The quantitative estimate of drug-likeness (QED) is 0.916. The SMILES string of the molecule is Cc1cnn(CC(=O)NC(C)c2ncc(C)s2)c1. The molecule has 0 aliphatic carbocycles. The van der Waals surface area contributed by atoms with E-state index in [1.807, 2.05) is 33.2 Å². The van der Waals surface area contributed by atoms with E-state index in [0.29, 0.717) is 0 Å². The summed E-state index contributed by atoms with van der Waals surface area (Å²) in [5, 5.41) is 7.93. The molecule has 1 amide bonds. The van der Waals surface area contributed by atoms with Crippen molar-refractivity contribution in [2.45, 2.75) is 33.4 Å². The molecule has 0 aromatic carbocycles. The molecule has 2 aromatic rings. The number of carbonyl (C=O) groups excluding carboxylic acids is 1. The van der Waals surface area contributed by atoms with Crippen LogP contribution in [0.25, 0.3) is 0 Å². The summed E-state index contributed by atoms with van der Waals surface area (Å²) in [7, 11) is 0. The van der Waals surface area contributed by atoms with Crippen LogP contribution in [0.4, 0.5) is 0 Å². The lowest BCUT2D eigenvalue weighted by molar-refractivity contribution is -0.122. The molecular weight excluding hydrogens is 248 g/mol. The zero-order valence-electron chi connectivity index (χ0n) is 10.7. The van der Waals surface area contributed by atoms with Crippen LogP contribution in [0.5, 0.6) is 0 Å². The van der Waals surface area contributed by atoms with Gasteiger partial charge in [-0.1, -0.05) is 0 Å². The molecule has 0 saturated heterocycles. The average Bonchev–Trinajstić information content (AvgIpc) is 2.87. The van der Waals surface area contributed by atoms with Gasteiger partial charge in [0.1, 0.15) is 11.6 Å². The second-order valence-corrected chi connectivity index (χ2v) is 5.58. The molecule has 18 heavy (non-hydrogen) atoms. The minimum atomic E-state index is -0.0622. The third-order valence-corrected chi connectivity index (χ3v) is 3.55. The third-order valence-electron chi connectivity index (χ3n) is 2.46. The first-order valence-electron chi connectivity index (χ1n) is 5.75. The first kappa shape index (κ1) is 12.8. The van der Waals surface area contributed by atoms with Crippen molar-refractivity contribution in [3.05, 3.63) is 34.0 Å². The molecule has 5 nitrogen and oxygen atoms in total. The summed E-state index contributed by atoms with van der Waals surface area (Å²) in [4.78, 5) is 17.2. The molecule has 1 N–H and O–H groups in total. The Kier molecular flexibility index (Phi) is 3.76. The maximum Gasteiger partial charge on any atom is 0.242 e. The summed E-state index contributed by atoms with van der Waals surface area (Å²) in [6, 6.07) is -0.0622. The van der Waals surface area contributed by atoms with E-state index >= 15 is 0 Å². The van der Waals surface area contributed by atoms with Crippen molar-refractivity contribution in [3.8, 4) is 0 Å². The van der Waals surface area contributed by atoms with E-state index in [-0.39, 0.29) is 18.5 Å². The lowest BCUT2D eigenvalue weighted by atomic mass is 10.3. The highest BCUT2D eigenvalue weighted by atomic mass is 32.1. The fraction of sp³-hybridized carbons (Fsp3) is 0.417. The zero-order valence-corrected chi connectivity index (χ0v) is 11.5. The number of hydrogen-bond donors (Lipinski definition) is 1. The molecule has 2 aromatic heterocycles. The van der Waals surface area contributed by atoms with Gasteiger partial charge in [0.25, 0.3) is 0 Å². The molecule has 0 spiro atoms. The summed E-state index contributed by atoms with van der Waals surface area (Å²) < 4.78 is 1.63. The Morgan fingerprint density at radius 2 is 2.28 bits per heavy atom. The summed E-state index contributed by atoms with van der Waals surface area (Å²) in [5.41, 5.74) is 1.05. The van der Waals surface area contributed by atoms with Gasteiger partial charge < -0.3 is 5.32 Å². The van der Waals surface area contributed by atoms with Gasteiger partial charge in [0.15, 0.2) is 0 Å². The molecule has 6 heteroatoms. The van der Waals surface area contributed by atoms with Crippen LogP contribution >= 0.6 is 11.3 Å². The molecule has 0 bridgehead atoms. The van der Waals surface area contributed by atoms with Crippen LogP contribution in [0.1, 0.15) is 28.4 Å². The second kappa shape index (κ2) is 5.30. The van der Waals surface area contributed by atoms with Crippen molar-refractivity contribution in [2.24, 2.45) is 0 Å². The molecule has 1 atom stereocenters.